The summed E-state index contributed by atoms with van der Waals surface area (Å²) in [5.41, 5.74) is 5.75. The highest BCUT2D eigenvalue weighted by atomic mass is 32.2. The number of pyridine rings is 1. The molecule has 0 unspecified atom stereocenters. The average Bonchev–Trinajstić information content (AvgIpc) is 3.34. The largest absolute Gasteiger partial charge is 0.366 e. The Hall–Kier alpha value is -3.88. The summed E-state index contributed by atoms with van der Waals surface area (Å²) in [6.45, 7) is 2.56. The molecule has 0 saturated carbocycles. The molecule has 0 saturated heterocycles. The first-order valence-electron chi connectivity index (χ1n) is 11.6. The number of nitrogens with zero attached hydrogens (tertiary/aromatic N) is 2. The number of benzene rings is 3. The maximum atomic E-state index is 13.2. The highest BCUT2D eigenvalue weighted by Crippen LogP contribution is 2.41. The van der Waals surface area contributed by atoms with E-state index in [1.807, 2.05) is 37.3 Å². The van der Waals surface area contributed by atoms with Crippen molar-refractivity contribution < 1.29 is 12.8 Å². The zero-order valence-corrected chi connectivity index (χ0v) is 21.9. The quantitative estimate of drug-likeness (QED) is 0.246. The summed E-state index contributed by atoms with van der Waals surface area (Å²) in [6, 6.07) is 25.3. The van der Waals surface area contributed by atoms with Crippen molar-refractivity contribution in [1.29, 1.82) is 0 Å². The number of anilines is 1. The minimum Gasteiger partial charge on any atom is -0.366 e. The van der Waals surface area contributed by atoms with Gasteiger partial charge in [0.2, 0.25) is 0 Å². The van der Waals surface area contributed by atoms with Crippen molar-refractivity contribution in [2.75, 3.05) is 11.6 Å². The number of thiazole rings is 1. The third kappa shape index (κ3) is 5.76. The molecule has 8 heteroatoms. The van der Waals surface area contributed by atoms with Gasteiger partial charge in [0.05, 0.1) is 15.5 Å². The molecule has 0 amide bonds. The molecule has 5 aromatic rings. The molecular weight excluding hydrogens is 505 g/mol. The summed E-state index contributed by atoms with van der Waals surface area (Å²) in [5, 5.41) is 4.11. The lowest BCUT2D eigenvalue weighted by Crippen LogP contribution is -2.01. The predicted octanol–water partition coefficient (Wildman–Crippen LogP) is 7.00. The molecule has 2 aromatic heterocycles. The van der Waals surface area contributed by atoms with Gasteiger partial charge in [-0.05, 0) is 60.5 Å². The highest BCUT2D eigenvalue weighted by molar-refractivity contribution is 7.90. The number of rotatable bonds is 7. The van der Waals surface area contributed by atoms with Gasteiger partial charge in [-0.25, -0.2) is 22.8 Å². The second kappa shape index (κ2) is 10.2. The molecular formula is C29H24FN3O2S2. The van der Waals surface area contributed by atoms with E-state index in [1.54, 1.807) is 53.9 Å². The summed E-state index contributed by atoms with van der Waals surface area (Å²) >= 11 is 1.55. The standard InChI is InChI=1S/C29H24FN3O2S2/c1-19-4-3-5-22(16-19)27-28(36-29(33-27)21-8-12-25(13-9-21)37(2,34)35)23-14-15-31-26(17-23)32-18-20-6-10-24(30)11-7-20/h3-17H,18H2,1-2H3,(H,31,32). The van der Waals surface area contributed by atoms with Crippen LogP contribution in [0.3, 0.4) is 0 Å². The van der Waals surface area contributed by atoms with Crippen LogP contribution in [0.25, 0.3) is 32.3 Å². The second-order valence-electron chi connectivity index (χ2n) is 8.77. The fourth-order valence-corrected chi connectivity index (χ4v) is 5.65. The molecule has 0 spiro atoms. The van der Waals surface area contributed by atoms with Crippen LogP contribution in [0.1, 0.15) is 11.1 Å². The topological polar surface area (TPSA) is 72.0 Å². The van der Waals surface area contributed by atoms with Crippen molar-refractivity contribution in [3.63, 3.8) is 0 Å². The average molecular weight is 530 g/mol. The number of hydrogen-bond acceptors (Lipinski definition) is 6. The third-order valence-corrected chi connectivity index (χ3v) is 8.14. The first-order chi connectivity index (χ1) is 17.8. The Morgan fingerprint density at radius 1 is 0.892 bits per heavy atom. The van der Waals surface area contributed by atoms with E-state index >= 15 is 0 Å². The van der Waals surface area contributed by atoms with Gasteiger partial charge in [0.15, 0.2) is 9.84 Å². The zero-order chi connectivity index (χ0) is 26.0. The first-order valence-corrected chi connectivity index (χ1v) is 14.3. The molecule has 0 fully saturated rings. The highest BCUT2D eigenvalue weighted by Gasteiger charge is 2.18. The lowest BCUT2D eigenvalue weighted by Gasteiger charge is -2.08. The Kier molecular flexibility index (Phi) is 6.86. The van der Waals surface area contributed by atoms with Crippen molar-refractivity contribution in [2.45, 2.75) is 18.4 Å². The molecule has 5 nitrogen and oxygen atoms in total. The minimum absolute atomic E-state index is 0.264. The molecule has 0 aliphatic heterocycles. The third-order valence-electron chi connectivity index (χ3n) is 5.86. The molecule has 37 heavy (non-hydrogen) atoms. The predicted molar refractivity (Wildman–Crippen MR) is 148 cm³/mol. The van der Waals surface area contributed by atoms with Gasteiger partial charge in [0.1, 0.15) is 16.6 Å². The molecule has 186 valence electrons. The number of aryl methyl sites for hydroxylation is 1. The monoisotopic (exact) mass is 529 g/mol. The van der Waals surface area contributed by atoms with Crippen LogP contribution in [0.4, 0.5) is 10.2 Å². The minimum atomic E-state index is -3.28. The van der Waals surface area contributed by atoms with E-state index in [0.717, 1.165) is 43.4 Å². The van der Waals surface area contributed by atoms with E-state index in [0.29, 0.717) is 12.4 Å². The van der Waals surface area contributed by atoms with E-state index in [2.05, 4.69) is 16.4 Å². The van der Waals surface area contributed by atoms with Gasteiger partial charge in [-0.2, -0.15) is 0 Å². The second-order valence-corrected chi connectivity index (χ2v) is 11.8. The van der Waals surface area contributed by atoms with Crippen LogP contribution >= 0.6 is 11.3 Å². The molecule has 0 aliphatic carbocycles. The number of sulfone groups is 1. The molecule has 0 radical (unpaired) electrons. The Morgan fingerprint density at radius 2 is 1.65 bits per heavy atom. The normalized spacial score (nSPS) is 11.4. The van der Waals surface area contributed by atoms with Crippen molar-refractivity contribution in [3.05, 3.63) is 108 Å². The van der Waals surface area contributed by atoms with Crippen LogP contribution in [-0.2, 0) is 16.4 Å². The van der Waals surface area contributed by atoms with Crippen LogP contribution in [0.5, 0.6) is 0 Å². The summed E-state index contributed by atoms with van der Waals surface area (Å²) in [5.74, 6) is 0.434. The van der Waals surface area contributed by atoms with Crippen molar-refractivity contribution >= 4 is 27.0 Å². The van der Waals surface area contributed by atoms with Crippen LogP contribution in [0.15, 0.2) is 96.0 Å². The Labute approximate surface area is 219 Å². The number of hydrogen-bond donors (Lipinski definition) is 1. The summed E-state index contributed by atoms with van der Waals surface area (Å²) in [7, 11) is -3.28. The van der Waals surface area contributed by atoms with E-state index < -0.39 is 9.84 Å². The Morgan fingerprint density at radius 3 is 2.35 bits per heavy atom. The zero-order valence-electron chi connectivity index (χ0n) is 20.3. The lowest BCUT2D eigenvalue weighted by atomic mass is 10.1. The van der Waals surface area contributed by atoms with Crippen molar-refractivity contribution in [3.8, 4) is 32.3 Å². The molecule has 0 aliphatic rings. The van der Waals surface area contributed by atoms with Gasteiger partial charge in [-0.3, -0.25) is 0 Å². The maximum absolute atomic E-state index is 13.2. The molecule has 5 rings (SSSR count). The summed E-state index contributed by atoms with van der Waals surface area (Å²) in [6.07, 6.45) is 2.95. The fourth-order valence-electron chi connectivity index (χ4n) is 3.94. The molecule has 0 atom stereocenters. The SMILES string of the molecule is Cc1cccc(-c2nc(-c3ccc(S(C)(=O)=O)cc3)sc2-c2ccnc(NCc3ccc(F)cc3)c2)c1. The summed E-state index contributed by atoms with van der Waals surface area (Å²) < 4.78 is 37.0. The van der Waals surface area contributed by atoms with Gasteiger partial charge >= 0.3 is 0 Å². The van der Waals surface area contributed by atoms with Crippen LogP contribution in [0.2, 0.25) is 0 Å². The van der Waals surface area contributed by atoms with Gasteiger partial charge in [-0.1, -0.05) is 48.0 Å². The van der Waals surface area contributed by atoms with E-state index in [-0.39, 0.29) is 10.7 Å². The fraction of sp³-hybridized carbons (Fsp3) is 0.103. The van der Waals surface area contributed by atoms with Crippen LogP contribution in [-0.4, -0.2) is 24.6 Å². The van der Waals surface area contributed by atoms with E-state index in [9.17, 15) is 12.8 Å². The van der Waals surface area contributed by atoms with Crippen LogP contribution < -0.4 is 5.32 Å². The number of aromatic nitrogens is 2. The van der Waals surface area contributed by atoms with Crippen molar-refractivity contribution in [1.82, 2.24) is 9.97 Å². The van der Waals surface area contributed by atoms with E-state index in [4.69, 9.17) is 4.98 Å². The first kappa shape index (κ1) is 24.8. The van der Waals surface area contributed by atoms with Crippen LogP contribution in [0, 0.1) is 12.7 Å². The molecule has 0 bridgehead atoms. The van der Waals surface area contributed by atoms with E-state index in [1.165, 1.54) is 18.4 Å². The van der Waals surface area contributed by atoms with Crippen molar-refractivity contribution in [2.24, 2.45) is 0 Å². The molecule has 2 heterocycles. The lowest BCUT2D eigenvalue weighted by molar-refractivity contribution is 0.602. The molecule has 3 aromatic carbocycles. The van der Waals surface area contributed by atoms with Gasteiger partial charge in [0.25, 0.3) is 0 Å². The Balaban J connectivity index is 1.52. The molecule has 1 N–H and O–H groups in total. The maximum Gasteiger partial charge on any atom is 0.175 e. The van der Waals surface area contributed by atoms with Gasteiger partial charge < -0.3 is 5.32 Å². The number of halogens is 1. The van der Waals surface area contributed by atoms with Gasteiger partial charge in [-0.15, -0.1) is 11.3 Å². The summed E-state index contributed by atoms with van der Waals surface area (Å²) in [4.78, 5) is 10.7. The Bertz CT molecular complexity index is 1660. The smallest absolute Gasteiger partial charge is 0.175 e. The number of nitrogens with one attached hydrogen (secondary N) is 1. The van der Waals surface area contributed by atoms with Gasteiger partial charge in [0, 0.05) is 30.1 Å².